The first kappa shape index (κ1) is 23.1. The highest BCUT2D eigenvalue weighted by molar-refractivity contribution is 8.15. The lowest BCUT2D eigenvalue weighted by molar-refractivity contribution is -0.128. The third-order valence-corrected chi connectivity index (χ3v) is 6.89. The van der Waals surface area contributed by atoms with Crippen molar-refractivity contribution in [2.45, 2.75) is 39.4 Å². The molecular weight excluding hydrogens is 430 g/mol. The number of benzene rings is 3. The lowest BCUT2D eigenvalue weighted by Gasteiger charge is -2.18. The zero-order valence-corrected chi connectivity index (χ0v) is 20.3. The second kappa shape index (κ2) is 9.79. The number of aryl methyl sites for hydroxylation is 2. The van der Waals surface area contributed by atoms with E-state index in [1.165, 1.54) is 17.3 Å². The fraction of sp³-hybridized carbons (Fsp3) is 0.296. The molecule has 0 saturated carbocycles. The van der Waals surface area contributed by atoms with Crippen LogP contribution in [-0.4, -0.2) is 33.7 Å². The highest BCUT2D eigenvalue weighted by Gasteiger charge is 2.39. The molecule has 1 aliphatic heterocycles. The van der Waals surface area contributed by atoms with E-state index in [-0.39, 0.29) is 18.2 Å². The Balaban J connectivity index is 1.53. The van der Waals surface area contributed by atoms with Crippen LogP contribution in [0.25, 0.3) is 10.8 Å². The summed E-state index contributed by atoms with van der Waals surface area (Å²) in [4.78, 5) is 32.6. The van der Waals surface area contributed by atoms with Gasteiger partial charge >= 0.3 is 0 Å². The fourth-order valence-corrected chi connectivity index (χ4v) is 5.03. The van der Waals surface area contributed by atoms with E-state index in [1.54, 1.807) is 4.90 Å². The molecule has 1 heterocycles. The lowest BCUT2D eigenvalue weighted by Crippen LogP contribution is -2.36. The van der Waals surface area contributed by atoms with Crippen LogP contribution in [0.1, 0.15) is 31.4 Å². The Kier molecular flexibility index (Phi) is 6.84. The van der Waals surface area contributed by atoms with Crippen molar-refractivity contribution in [2.75, 3.05) is 11.9 Å². The first-order valence-corrected chi connectivity index (χ1v) is 12.1. The zero-order chi connectivity index (χ0) is 23.5. The molecule has 1 unspecified atom stereocenters. The summed E-state index contributed by atoms with van der Waals surface area (Å²) in [5.41, 5.74) is 3.95. The number of rotatable bonds is 6. The Labute approximate surface area is 199 Å². The van der Waals surface area contributed by atoms with Crippen molar-refractivity contribution in [3.8, 4) is 0 Å². The van der Waals surface area contributed by atoms with E-state index in [0.717, 1.165) is 27.7 Å². The first-order chi connectivity index (χ1) is 15.8. The smallest absolute Gasteiger partial charge is 0.242 e. The topological polar surface area (TPSA) is 61.8 Å². The minimum Gasteiger partial charge on any atom is -0.325 e. The average Bonchev–Trinajstić information content (AvgIpc) is 3.05. The maximum atomic E-state index is 13.2. The van der Waals surface area contributed by atoms with Crippen LogP contribution < -0.4 is 5.32 Å². The number of aliphatic imine (C=N–C) groups is 1. The number of fused-ring (bicyclic) bond motifs is 1. The molecule has 0 bridgehead atoms. The number of carbonyl (C=O) groups excluding carboxylic acids is 2. The van der Waals surface area contributed by atoms with E-state index in [2.05, 4.69) is 33.0 Å². The summed E-state index contributed by atoms with van der Waals surface area (Å²) in [6.45, 7) is 8.85. The molecule has 33 heavy (non-hydrogen) atoms. The van der Waals surface area contributed by atoms with E-state index in [0.29, 0.717) is 17.6 Å². The molecule has 1 N–H and O–H groups in total. The molecule has 1 fully saturated rings. The number of amidine groups is 1. The number of carbonyl (C=O) groups is 2. The summed E-state index contributed by atoms with van der Waals surface area (Å²) < 4.78 is 0. The van der Waals surface area contributed by atoms with Crippen molar-refractivity contribution < 1.29 is 9.59 Å². The first-order valence-electron chi connectivity index (χ1n) is 11.2. The maximum absolute atomic E-state index is 13.2. The van der Waals surface area contributed by atoms with Gasteiger partial charge in [-0.3, -0.25) is 14.5 Å². The van der Waals surface area contributed by atoms with Gasteiger partial charge in [0.1, 0.15) is 5.25 Å². The van der Waals surface area contributed by atoms with Crippen molar-refractivity contribution in [3.05, 3.63) is 71.8 Å². The van der Waals surface area contributed by atoms with E-state index < -0.39 is 5.25 Å². The number of nitrogens with one attached hydrogen (secondary N) is 1. The van der Waals surface area contributed by atoms with Crippen molar-refractivity contribution >= 4 is 50.9 Å². The van der Waals surface area contributed by atoms with Gasteiger partial charge < -0.3 is 5.32 Å². The summed E-state index contributed by atoms with van der Waals surface area (Å²) >= 11 is 1.38. The minimum atomic E-state index is -0.482. The molecule has 0 aliphatic carbocycles. The SMILES string of the molecule is Cc1ccc(N=C2SC(CC(=O)Nc3cccc4ccccc34)C(=O)N2CC(C)C)cc1C. The van der Waals surface area contributed by atoms with Gasteiger partial charge in [0, 0.05) is 24.0 Å². The van der Waals surface area contributed by atoms with Crippen LogP contribution >= 0.6 is 11.8 Å². The third kappa shape index (κ3) is 5.28. The zero-order valence-electron chi connectivity index (χ0n) is 19.5. The molecule has 1 aliphatic rings. The monoisotopic (exact) mass is 459 g/mol. The summed E-state index contributed by atoms with van der Waals surface area (Å²) in [5.74, 6) is 0.0706. The van der Waals surface area contributed by atoms with Crippen molar-refractivity contribution in [2.24, 2.45) is 10.9 Å². The molecule has 3 aromatic rings. The lowest BCUT2D eigenvalue weighted by atomic mass is 10.1. The molecule has 2 amide bonds. The normalized spacial score (nSPS) is 17.4. The number of thioether (sulfide) groups is 1. The second-order valence-corrected chi connectivity index (χ2v) is 10.1. The predicted octanol–water partition coefficient (Wildman–Crippen LogP) is 6.07. The van der Waals surface area contributed by atoms with Gasteiger partial charge in [0.05, 0.1) is 5.69 Å². The van der Waals surface area contributed by atoms with Crippen LogP contribution in [-0.2, 0) is 9.59 Å². The number of hydrogen-bond donors (Lipinski definition) is 1. The molecule has 170 valence electrons. The molecule has 5 nitrogen and oxygen atoms in total. The Morgan fingerprint density at radius 1 is 1.06 bits per heavy atom. The summed E-state index contributed by atoms with van der Waals surface area (Å²) in [6.07, 6.45) is 0.104. The number of anilines is 1. The molecule has 0 spiro atoms. The number of amides is 2. The van der Waals surface area contributed by atoms with Gasteiger partial charge in [-0.1, -0.05) is 68.1 Å². The summed E-state index contributed by atoms with van der Waals surface area (Å²) in [6, 6.07) is 19.8. The van der Waals surface area contributed by atoms with Crippen LogP contribution in [0.4, 0.5) is 11.4 Å². The fourth-order valence-electron chi connectivity index (χ4n) is 3.87. The standard InChI is InChI=1S/C27H29N3O2S/c1-17(2)16-30-26(32)24(33-27(30)28-21-13-12-18(3)19(4)14-21)15-25(31)29-23-11-7-9-20-8-5-6-10-22(20)23/h5-14,17,24H,15-16H2,1-4H3,(H,29,31). The van der Waals surface area contributed by atoms with E-state index in [9.17, 15) is 9.59 Å². The highest BCUT2D eigenvalue weighted by atomic mass is 32.2. The Morgan fingerprint density at radius 2 is 1.82 bits per heavy atom. The molecule has 6 heteroatoms. The average molecular weight is 460 g/mol. The quantitative estimate of drug-likeness (QED) is 0.486. The number of hydrogen-bond acceptors (Lipinski definition) is 4. The van der Waals surface area contributed by atoms with Crippen molar-refractivity contribution in [3.63, 3.8) is 0 Å². The van der Waals surface area contributed by atoms with Crippen LogP contribution in [0.5, 0.6) is 0 Å². The van der Waals surface area contributed by atoms with Gasteiger partial charge in [0.25, 0.3) is 0 Å². The maximum Gasteiger partial charge on any atom is 0.242 e. The third-order valence-electron chi connectivity index (χ3n) is 5.72. The molecular formula is C27H29N3O2S. The number of nitrogens with zero attached hydrogens (tertiary/aromatic N) is 2. The van der Waals surface area contributed by atoms with Crippen LogP contribution in [0.2, 0.25) is 0 Å². The van der Waals surface area contributed by atoms with Gasteiger partial charge in [-0.05, 0) is 54.5 Å². The van der Waals surface area contributed by atoms with Gasteiger partial charge in [-0.2, -0.15) is 0 Å². The molecule has 0 aromatic heterocycles. The largest absolute Gasteiger partial charge is 0.325 e. The Hall–Kier alpha value is -3.12. The van der Waals surface area contributed by atoms with Gasteiger partial charge in [-0.15, -0.1) is 0 Å². The van der Waals surface area contributed by atoms with Gasteiger partial charge in [-0.25, -0.2) is 4.99 Å². The molecule has 1 saturated heterocycles. The van der Waals surface area contributed by atoms with E-state index in [4.69, 9.17) is 4.99 Å². The second-order valence-electron chi connectivity index (χ2n) is 8.89. The summed E-state index contributed by atoms with van der Waals surface area (Å²) in [7, 11) is 0. The summed E-state index contributed by atoms with van der Waals surface area (Å²) in [5, 5.41) is 5.23. The van der Waals surface area contributed by atoms with Gasteiger partial charge in [0.2, 0.25) is 11.8 Å². The van der Waals surface area contributed by atoms with Crippen LogP contribution in [0.3, 0.4) is 0 Å². The minimum absolute atomic E-state index is 0.0515. The van der Waals surface area contributed by atoms with Crippen LogP contribution in [0, 0.1) is 19.8 Å². The Bertz CT molecular complexity index is 1230. The Morgan fingerprint density at radius 3 is 2.58 bits per heavy atom. The molecule has 3 aromatic carbocycles. The van der Waals surface area contributed by atoms with Crippen LogP contribution in [0.15, 0.2) is 65.7 Å². The van der Waals surface area contributed by atoms with Crippen molar-refractivity contribution in [1.29, 1.82) is 0 Å². The molecule has 1 atom stereocenters. The van der Waals surface area contributed by atoms with Gasteiger partial charge in [0.15, 0.2) is 5.17 Å². The molecule has 0 radical (unpaired) electrons. The van der Waals surface area contributed by atoms with E-state index >= 15 is 0 Å². The van der Waals surface area contributed by atoms with E-state index in [1.807, 2.05) is 60.7 Å². The predicted molar refractivity (Wildman–Crippen MR) is 138 cm³/mol. The molecule has 4 rings (SSSR count). The van der Waals surface area contributed by atoms with Crippen molar-refractivity contribution in [1.82, 2.24) is 4.90 Å². The highest BCUT2D eigenvalue weighted by Crippen LogP contribution is 2.33.